The van der Waals surface area contributed by atoms with Gasteiger partial charge in [-0.1, -0.05) is 26.0 Å². The Balaban J connectivity index is 1.44. The van der Waals surface area contributed by atoms with Gasteiger partial charge in [0.1, 0.15) is 19.3 Å². The van der Waals surface area contributed by atoms with Crippen LogP contribution in [-0.2, 0) is 6.42 Å². The lowest BCUT2D eigenvalue weighted by Gasteiger charge is -2.27. The molecule has 0 spiro atoms. The van der Waals surface area contributed by atoms with Crippen molar-refractivity contribution >= 4 is 0 Å². The van der Waals surface area contributed by atoms with Crippen LogP contribution in [0.4, 0.5) is 0 Å². The van der Waals surface area contributed by atoms with Crippen LogP contribution in [-0.4, -0.2) is 70.4 Å². The van der Waals surface area contributed by atoms with Gasteiger partial charge in [-0.05, 0) is 36.2 Å². The maximum Gasteiger partial charge on any atom is 0.203 e. The molecule has 1 aliphatic heterocycles. The highest BCUT2D eigenvalue weighted by molar-refractivity contribution is 5.51. The lowest BCUT2D eigenvalue weighted by molar-refractivity contribution is 0.0893. The molecule has 2 aromatic carbocycles. The van der Waals surface area contributed by atoms with Gasteiger partial charge in [0, 0.05) is 25.7 Å². The highest BCUT2D eigenvalue weighted by Gasteiger charge is 2.21. The fraction of sp³-hybridized carbons (Fsp3) is 0.520. The van der Waals surface area contributed by atoms with E-state index in [1.807, 2.05) is 36.4 Å². The number of hydrogen-bond donors (Lipinski definition) is 3. The Bertz CT molecular complexity index is 854. The number of hydrogen-bond acceptors (Lipinski definition) is 8. The van der Waals surface area contributed by atoms with Crippen molar-refractivity contribution in [1.29, 1.82) is 0 Å². The van der Waals surface area contributed by atoms with Crippen molar-refractivity contribution in [3.8, 4) is 28.7 Å². The van der Waals surface area contributed by atoms with Crippen molar-refractivity contribution in [3.63, 3.8) is 0 Å². The van der Waals surface area contributed by atoms with Crippen molar-refractivity contribution in [2.24, 2.45) is 0 Å². The van der Waals surface area contributed by atoms with E-state index in [1.165, 1.54) is 0 Å². The van der Waals surface area contributed by atoms with Crippen molar-refractivity contribution in [2.45, 2.75) is 38.5 Å². The first-order valence-electron chi connectivity index (χ1n) is 11.4. The Kier molecular flexibility index (Phi) is 9.47. The largest absolute Gasteiger partial charge is 0.493 e. The van der Waals surface area contributed by atoms with Crippen LogP contribution in [0.1, 0.15) is 19.4 Å². The van der Waals surface area contributed by atoms with Crippen molar-refractivity contribution in [3.05, 3.63) is 42.0 Å². The minimum absolute atomic E-state index is 0.110. The van der Waals surface area contributed by atoms with Crippen molar-refractivity contribution in [1.82, 2.24) is 10.6 Å². The zero-order chi connectivity index (χ0) is 23.6. The molecular formula is C25H36N2O6. The van der Waals surface area contributed by atoms with Crippen LogP contribution in [0.25, 0.3) is 0 Å². The number of aliphatic hydroxyl groups is 1. The van der Waals surface area contributed by atoms with Crippen molar-refractivity contribution in [2.75, 3.05) is 47.1 Å². The zero-order valence-corrected chi connectivity index (χ0v) is 19.9. The summed E-state index contributed by atoms with van der Waals surface area (Å²) in [6.07, 6.45) is -0.00129. The average molecular weight is 461 g/mol. The molecule has 0 saturated carbocycles. The molecule has 3 N–H and O–H groups in total. The molecule has 0 aliphatic carbocycles. The number of benzene rings is 2. The van der Waals surface area contributed by atoms with Gasteiger partial charge in [-0.15, -0.1) is 0 Å². The third-order valence-corrected chi connectivity index (χ3v) is 5.24. The third kappa shape index (κ3) is 7.42. The maximum absolute atomic E-state index is 10.3. The molecule has 1 aliphatic rings. The lowest BCUT2D eigenvalue weighted by Crippen LogP contribution is -2.39. The maximum atomic E-state index is 10.3. The summed E-state index contributed by atoms with van der Waals surface area (Å²) in [5.74, 6) is 3.31. The molecule has 0 aromatic heterocycles. The van der Waals surface area contributed by atoms with E-state index in [0.717, 1.165) is 11.3 Å². The molecule has 1 heterocycles. The summed E-state index contributed by atoms with van der Waals surface area (Å²) in [6.45, 7) is 6.86. The number of para-hydroxylation sites is 1. The van der Waals surface area contributed by atoms with Gasteiger partial charge < -0.3 is 39.4 Å². The van der Waals surface area contributed by atoms with Crippen LogP contribution in [0.15, 0.2) is 36.4 Å². The second-order valence-electron chi connectivity index (χ2n) is 8.30. The van der Waals surface area contributed by atoms with Gasteiger partial charge >= 0.3 is 0 Å². The quantitative estimate of drug-likeness (QED) is 0.393. The molecule has 0 unspecified atom stereocenters. The van der Waals surface area contributed by atoms with E-state index in [0.29, 0.717) is 68.3 Å². The zero-order valence-electron chi connectivity index (χ0n) is 19.9. The number of ether oxygens (including phenoxy) is 5. The number of methoxy groups -OCH3 is 2. The predicted octanol–water partition coefficient (Wildman–Crippen LogP) is 2.41. The number of aliphatic hydroxyl groups excluding tert-OH is 1. The molecule has 0 radical (unpaired) electrons. The summed E-state index contributed by atoms with van der Waals surface area (Å²) < 4.78 is 28.6. The Morgan fingerprint density at radius 2 is 1.85 bits per heavy atom. The lowest BCUT2D eigenvalue weighted by atomic mass is 10.1. The Morgan fingerprint density at radius 3 is 2.55 bits per heavy atom. The van der Waals surface area contributed by atoms with Gasteiger partial charge in [-0.3, -0.25) is 0 Å². The average Bonchev–Trinajstić information content (AvgIpc) is 2.82. The normalized spacial score (nSPS) is 15.9. The number of nitrogens with one attached hydrogen (secondary N) is 2. The molecule has 0 fully saturated rings. The second-order valence-corrected chi connectivity index (χ2v) is 8.30. The van der Waals surface area contributed by atoms with Crippen LogP contribution >= 0.6 is 0 Å². The van der Waals surface area contributed by atoms with E-state index < -0.39 is 6.10 Å². The van der Waals surface area contributed by atoms with Crippen molar-refractivity contribution < 1.29 is 28.8 Å². The monoisotopic (exact) mass is 460 g/mol. The highest BCUT2D eigenvalue weighted by Crippen LogP contribution is 2.36. The molecule has 8 heteroatoms. The van der Waals surface area contributed by atoms with E-state index >= 15 is 0 Å². The van der Waals surface area contributed by atoms with Gasteiger partial charge in [0.2, 0.25) is 5.75 Å². The van der Waals surface area contributed by atoms with Gasteiger partial charge in [-0.25, -0.2) is 0 Å². The number of fused-ring (bicyclic) bond motifs is 1. The molecular weight excluding hydrogens is 424 g/mol. The van der Waals surface area contributed by atoms with Crippen LogP contribution < -0.4 is 34.3 Å². The standard InChI is InChI=1S/C25H36N2O6/c1-17(2)27-14-19(28)12-18-8-9-21-24(13-18)33-20(16-32-21)15-26-10-11-31-25-22(29-3)6-5-7-23(25)30-4/h5-9,13,17,19-20,26-28H,10-12,14-16H2,1-4H3/t19-,20+/m0/s1. The molecule has 0 amide bonds. The molecule has 182 valence electrons. The summed E-state index contributed by atoms with van der Waals surface area (Å²) in [7, 11) is 3.21. The first-order valence-corrected chi connectivity index (χ1v) is 11.4. The van der Waals surface area contributed by atoms with Gasteiger partial charge in [0.05, 0.1) is 20.3 Å². The molecule has 2 aromatic rings. The van der Waals surface area contributed by atoms with Crippen LogP contribution in [0.5, 0.6) is 28.7 Å². The molecule has 3 rings (SSSR count). The minimum Gasteiger partial charge on any atom is -0.493 e. The van der Waals surface area contributed by atoms with Crippen LogP contribution in [0.3, 0.4) is 0 Å². The molecule has 0 bridgehead atoms. The predicted molar refractivity (Wildman–Crippen MR) is 127 cm³/mol. The van der Waals surface area contributed by atoms with Crippen LogP contribution in [0, 0.1) is 0 Å². The molecule has 33 heavy (non-hydrogen) atoms. The van der Waals surface area contributed by atoms with E-state index in [1.54, 1.807) is 14.2 Å². The second kappa shape index (κ2) is 12.5. The fourth-order valence-electron chi connectivity index (χ4n) is 3.55. The summed E-state index contributed by atoms with van der Waals surface area (Å²) in [6, 6.07) is 11.7. The minimum atomic E-state index is -0.450. The highest BCUT2D eigenvalue weighted by atomic mass is 16.6. The Labute approximate surface area is 196 Å². The van der Waals surface area contributed by atoms with Crippen LogP contribution in [0.2, 0.25) is 0 Å². The van der Waals surface area contributed by atoms with E-state index in [-0.39, 0.29) is 6.10 Å². The fourth-order valence-corrected chi connectivity index (χ4v) is 3.55. The molecule has 8 nitrogen and oxygen atoms in total. The smallest absolute Gasteiger partial charge is 0.203 e. The molecule has 2 atom stereocenters. The Hall–Kier alpha value is -2.68. The summed E-state index contributed by atoms with van der Waals surface area (Å²) in [4.78, 5) is 0. The van der Waals surface area contributed by atoms with Gasteiger partial charge in [0.25, 0.3) is 0 Å². The first-order chi connectivity index (χ1) is 16.0. The summed E-state index contributed by atoms with van der Waals surface area (Å²) in [5, 5.41) is 16.8. The third-order valence-electron chi connectivity index (χ3n) is 5.24. The van der Waals surface area contributed by atoms with E-state index in [4.69, 9.17) is 23.7 Å². The molecule has 0 saturated heterocycles. The topological polar surface area (TPSA) is 90.4 Å². The summed E-state index contributed by atoms with van der Waals surface area (Å²) in [5.41, 5.74) is 1.02. The number of rotatable bonds is 13. The van der Waals surface area contributed by atoms with E-state index in [2.05, 4.69) is 24.5 Å². The Morgan fingerprint density at radius 1 is 1.09 bits per heavy atom. The first kappa shape index (κ1) is 25.0. The van der Waals surface area contributed by atoms with E-state index in [9.17, 15) is 5.11 Å². The van der Waals surface area contributed by atoms with Gasteiger partial charge in [-0.2, -0.15) is 0 Å². The SMILES string of the molecule is COc1cccc(OC)c1OCCNC[C@@H]1COc2ccc(C[C@H](O)CNC(C)C)cc2O1. The van der Waals surface area contributed by atoms with Gasteiger partial charge in [0.15, 0.2) is 23.0 Å². The summed E-state index contributed by atoms with van der Waals surface area (Å²) >= 11 is 0.